The van der Waals surface area contributed by atoms with Crippen molar-refractivity contribution >= 4 is 12.2 Å². The highest BCUT2D eigenvalue weighted by atomic mass is 16.5. The Balaban J connectivity index is 1.94. The SMILES string of the molecule is CCCCCCCOc1ccccc1/C=N/Nc1nnc(C(C)(C)C)c(=O)[nH]1. The summed E-state index contributed by atoms with van der Waals surface area (Å²) in [5.74, 6) is 0.981. The van der Waals surface area contributed by atoms with Gasteiger partial charge in [0.15, 0.2) is 0 Å². The molecule has 7 nitrogen and oxygen atoms in total. The van der Waals surface area contributed by atoms with Gasteiger partial charge < -0.3 is 4.74 Å². The minimum atomic E-state index is -0.366. The van der Waals surface area contributed by atoms with Crippen LogP contribution in [0.1, 0.15) is 71.1 Å². The van der Waals surface area contributed by atoms with E-state index in [0.29, 0.717) is 12.3 Å². The zero-order valence-electron chi connectivity index (χ0n) is 17.3. The maximum absolute atomic E-state index is 12.1. The molecular formula is C21H31N5O2. The Hall–Kier alpha value is -2.70. The third-order valence-electron chi connectivity index (χ3n) is 4.21. The first-order valence-electron chi connectivity index (χ1n) is 9.90. The van der Waals surface area contributed by atoms with Crippen molar-refractivity contribution in [3.63, 3.8) is 0 Å². The minimum absolute atomic E-state index is 0.198. The molecule has 2 N–H and O–H groups in total. The normalized spacial score (nSPS) is 11.7. The zero-order chi connectivity index (χ0) is 20.4. The van der Waals surface area contributed by atoms with Crippen LogP contribution in [0.2, 0.25) is 0 Å². The van der Waals surface area contributed by atoms with E-state index < -0.39 is 0 Å². The number of benzene rings is 1. The summed E-state index contributed by atoms with van der Waals surface area (Å²) in [6, 6.07) is 7.71. The Morgan fingerprint density at radius 3 is 2.61 bits per heavy atom. The second-order valence-electron chi connectivity index (χ2n) is 7.77. The Morgan fingerprint density at radius 2 is 1.89 bits per heavy atom. The van der Waals surface area contributed by atoms with Gasteiger partial charge in [-0.15, -0.1) is 10.2 Å². The van der Waals surface area contributed by atoms with Crippen LogP contribution in [0, 0.1) is 0 Å². The van der Waals surface area contributed by atoms with E-state index in [4.69, 9.17) is 4.74 Å². The summed E-state index contributed by atoms with van der Waals surface area (Å²) < 4.78 is 5.89. The standard InChI is InChI=1S/C21H31N5O2/c1-5-6-7-8-11-14-28-17-13-10-9-12-16(17)15-22-25-20-23-19(27)18(24-26-20)21(2,3)4/h9-10,12-13,15H,5-8,11,14H2,1-4H3,(H2,23,25,26,27)/b22-15+. The number of unbranched alkanes of at least 4 members (excludes halogenated alkanes) is 4. The van der Waals surface area contributed by atoms with Crippen LogP contribution in [-0.4, -0.2) is 28.0 Å². The van der Waals surface area contributed by atoms with Gasteiger partial charge in [0.05, 0.1) is 12.8 Å². The van der Waals surface area contributed by atoms with E-state index in [2.05, 4.69) is 32.6 Å². The molecule has 0 saturated carbocycles. The Bertz CT molecular complexity index is 824. The van der Waals surface area contributed by atoms with Gasteiger partial charge in [-0.2, -0.15) is 5.10 Å². The highest BCUT2D eigenvalue weighted by Gasteiger charge is 2.20. The molecule has 0 aliphatic heterocycles. The van der Waals surface area contributed by atoms with Crippen molar-refractivity contribution in [2.45, 2.75) is 65.2 Å². The average Bonchev–Trinajstić information content (AvgIpc) is 2.64. The number of aromatic amines is 1. The quantitative estimate of drug-likeness (QED) is 0.362. The summed E-state index contributed by atoms with van der Waals surface area (Å²) in [6.07, 6.45) is 7.63. The molecule has 0 aliphatic rings. The van der Waals surface area contributed by atoms with Crippen molar-refractivity contribution in [2.24, 2.45) is 5.10 Å². The molecule has 7 heteroatoms. The molecule has 0 radical (unpaired) electrons. The number of aromatic nitrogens is 3. The second kappa shape index (κ2) is 10.6. The van der Waals surface area contributed by atoms with Gasteiger partial charge in [0.25, 0.3) is 5.56 Å². The van der Waals surface area contributed by atoms with Crippen molar-refractivity contribution in [1.29, 1.82) is 0 Å². The summed E-state index contributed by atoms with van der Waals surface area (Å²) in [6.45, 7) is 8.64. The maximum atomic E-state index is 12.1. The van der Waals surface area contributed by atoms with Crippen LogP contribution in [-0.2, 0) is 5.41 Å². The summed E-state index contributed by atoms with van der Waals surface area (Å²) in [4.78, 5) is 14.8. The second-order valence-corrected chi connectivity index (χ2v) is 7.77. The van der Waals surface area contributed by atoms with Crippen molar-refractivity contribution in [1.82, 2.24) is 15.2 Å². The van der Waals surface area contributed by atoms with Gasteiger partial charge in [0.1, 0.15) is 11.4 Å². The van der Waals surface area contributed by atoms with E-state index in [1.807, 2.05) is 45.0 Å². The molecule has 152 valence electrons. The lowest BCUT2D eigenvalue weighted by atomic mass is 9.93. The Kier molecular flexibility index (Phi) is 8.17. The lowest BCUT2D eigenvalue weighted by molar-refractivity contribution is 0.304. The van der Waals surface area contributed by atoms with Crippen LogP contribution >= 0.6 is 0 Å². The van der Waals surface area contributed by atoms with Crippen LogP contribution in [0.5, 0.6) is 5.75 Å². The predicted molar refractivity (Wildman–Crippen MR) is 113 cm³/mol. The molecule has 0 saturated heterocycles. The molecule has 1 aromatic carbocycles. The van der Waals surface area contributed by atoms with Gasteiger partial charge >= 0.3 is 0 Å². The van der Waals surface area contributed by atoms with Crippen LogP contribution in [0.3, 0.4) is 0 Å². The summed E-state index contributed by atoms with van der Waals surface area (Å²) >= 11 is 0. The van der Waals surface area contributed by atoms with Crippen molar-refractivity contribution in [2.75, 3.05) is 12.0 Å². The number of H-pyrrole nitrogens is 1. The number of anilines is 1. The van der Waals surface area contributed by atoms with Gasteiger partial charge in [-0.1, -0.05) is 65.5 Å². The number of para-hydroxylation sites is 1. The minimum Gasteiger partial charge on any atom is -0.493 e. The molecule has 2 rings (SSSR count). The lowest BCUT2D eigenvalue weighted by Crippen LogP contribution is -2.28. The summed E-state index contributed by atoms with van der Waals surface area (Å²) in [5.41, 5.74) is 3.32. The Morgan fingerprint density at radius 1 is 1.14 bits per heavy atom. The van der Waals surface area contributed by atoms with Crippen molar-refractivity contribution in [3.05, 3.63) is 45.9 Å². The third-order valence-corrected chi connectivity index (χ3v) is 4.21. The first-order valence-corrected chi connectivity index (χ1v) is 9.90. The molecule has 0 spiro atoms. The number of ether oxygens (including phenoxy) is 1. The monoisotopic (exact) mass is 385 g/mol. The Labute approximate surface area is 166 Å². The van der Waals surface area contributed by atoms with Crippen molar-refractivity contribution in [3.8, 4) is 5.75 Å². The van der Waals surface area contributed by atoms with E-state index in [9.17, 15) is 4.79 Å². The number of nitrogens with one attached hydrogen (secondary N) is 2. The van der Waals surface area contributed by atoms with E-state index in [1.54, 1.807) is 6.21 Å². The van der Waals surface area contributed by atoms with Crippen LogP contribution in [0.25, 0.3) is 0 Å². The third kappa shape index (κ3) is 6.79. The van der Waals surface area contributed by atoms with Crippen LogP contribution < -0.4 is 15.7 Å². The molecule has 0 aliphatic carbocycles. The van der Waals surface area contributed by atoms with Gasteiger partial charge in [0, 0.05) is 11.0 Å². The van der Waals surface area contributed by atoms with Gasteiger partial charge in [-0.3, -0.25) is 9.78 Å². The first-order chi connectivity index (χ1) is 13.4. The first kappa shape index (κ1) is 21.6. The topological polar surface area (TPSA) is 92.3 Å². The molecule has 0 bridgehead atoms. The van der Waals surface area contributed by atoms with Crippen LogP contribution in [0.15, 0.2) is 34.2 Å². The predicted octanol–water partition coefficient (Wildman–Crippen LogP) is 4.26. The largest absolute Gasteiger partial charge is 0.493 e. The fraction of sp³-hybridized carbons (Fsp3) is 0.524. The number of rotatable bonds is 10. The smallest absolute Gasteiger partial charge is 0.274 e. The molecule has 1 aromatic heterocycles. The molecule has 0 atom stereocenters. The fourth-order valence-corrected chi connectivity index (χ4v) is 2.65. The van der Waals surface area contributed by atoms with Gasteiger partial charge in [0.2, 0.25) is 5.95 Å². The molecule has 0 unspecified atom stereocenters. The van der Waals surface area contributed by atoms with E-state index in [0.717, 1.165) is 17.7 Å². The number of hydrogen-bond acceptors (Lipinski definition) is 6. The van der Waals surface area contributed by atoms with Gasteiger partial charge in [-0.25, -0.2) is 5.43 Å². The average molecular weight is 386 g/mol. The zero-order valence-corrected chi connectivity index (χ0v) is 17.3. The molecule has 28 heavy (non-hydrogen) atoms. The fourth-order valence-electron chi connectivity index (χ4n) is 2.65. The number of hydrazone groups is 1. The molecule has 0 amide bonds. The molecule has 0 fully saturated rings. The van der Waals surface area contributed by atoms with E-state index in [-0.39, 0.29) is 16.9 Å². The highest BCUT2D eigenvalue weighted by Crippen LogP contribution is 2.17. The number of nitrogens with zero attached hydrogens (tertiary/aromatic N) is 3. The van der Waals surface area contributed by atoms with Crippen molar-refractivity contribution < 1.29 is 4.74 Å². The molecule has 2 aromatic rings. The van der Waals surface area contributed by atoms with Crippen LogP contribution in [0.4, 0.5) is 5.95 Å². The van der Waals surface area contributed by atoms with E-state index in [1.165, 1.54) is 25.7 Å². The summed E-state index contributed by atoms with van der Waals surface area (Å²) in [5, 5.41) is 12.1. The van der Waals surface area contributed by atoms with Gasteiger partial charge in [-0.05, 0) is 18.6 Å². The highest BCUT2D eigenvalue weighted by molar-refractivity contribution is 5.83. The molecule has 1 heterocycles. The van der Waals surface area contributed by atoms with E-state index >= 15 is 0 Å². The number of hydrogen-bond donors (Lipinski definition) is 2. The molecular weight excluding hydrogens is 354 g/mol. The maximum Gasteiger partial charge on any atom is 0.274 e. The summed E-state index contributed by atoms with van der Waals surface area (Å²) in [7, 11) is 0. The lowest BCUT2D eigenvalue weighted by Gasteiger charge is -2.15.